The van der Waals surface area contributed by atoms with E-state index in [1.54, 1.807) is 6.26 Å². The van der Waals surface area contributed by atoms with Crippen molar-refractivity contribution >= 4 is 0 Å². The third-order valence-corrected chi connectivity index (χ3v) is 3.38. The molecule has 0 unspecified atom stereocenters. The maximum Gasteiger partial charge on any atom is 0.207 e. The molecular formula is C20H36N2O3. The van der Waals surface area contributed by atoms with Crippen molar-refractivity contribution in [1.29, 1.82) is 0 Å². The van der Waals surface area contributed by atoms with Gasteiger partial charge in [0.1, 0.15) is 6.26 Å². The molecule has 0 saturated carbocycles. The predicted molar refractivity (Wildman–Crippen MR) is 104 cm³/mol. The van der Waals surface area contributed by atoms with Gasteiger partial charge in [-0.3, -0.25) is 5.26 Å². The molecule has 2 aromatic rings. The fraction of sp³-hybridized carbons (Fsp3) is 0.550. The Hall–Kier alpha value is -1.69. The standard InChI is InChI=1S/C12H14N2O.C6H14O2.C2H6.H2/c13-8-12-14-11(9-15-12)7-6-10-4-2-1-3-5-10;1-2-3-4-5-6-8-7;1-2;/h1-5,9H,6-8,13H2;7H,2-6H2,1H3;1-2H3;1H. The van der Waals surface area contributed by atoms with E-state index in [-0.39, 0.29) is 1.43 Å². The predicted octanol–water partition coefficient (Wildman–Crippen LogP) is 5.25. The monoisotopic (exact) mass is 352 g/mol. The van der Waals surface area contributed by atoms with E-state index in [0.717, 1.165) is 31.4 Å². The molecule has 0 aliphatic heterocycles. The Morgan fingerprint density at radius 2 is 1.84 bits per heavy atom. The zero-order valence-electron chi connectivity index (χ0n) is 15.9. The van der Waals surface area contributed by atoms with Crippen LogP contribution in [0, 0.1) is 0 Å². The van der Waals surface area contributed by atoms with Crippen molar-refractivity contribution in [2.24, 2.45) is 5.73 Å². The Labute approximate surface area is 153 Å². The second-order valence-electron chi connectivity index (χ2n) is 5.32. The van der Waals surface area contributed by atoms with E-state index >= 15 is 0 Å². The fourth-order valence-corrected chi connectivity index (χ4v) is 2.07. The average molecular weight is 353 g/mol. The summed E-state index contributed by atoms with van der Waals surface area (Å²) in [5.41, 5.74) is 7.70. The number of benzene rings is 1. The van der Waals surface area contributed by atoms with Gasteiger partial charge in [-0.2, -0.15) is 0 Å². The number of aryl methyl sites for hydroxylation is 2. The number of oxazole rings is 1. The van der Waals surface area contributed by atoms with Crippen LogP contribution in [-0.2, 0) is 24.3 Å². The van der Waals surface area contributed by atoms with Gasteiger partial charge in [-0.25, -0.2) is 9.87 Å². The van der Waals surface area contributed by atoms with E-state index in [4.69, 9.17) is 15.4 Å². The summed E-state index contributed by atoms with van der Waals surface area (Å²) in [6.45, 7) is 7.01. The summed E-state index contributed by atoms with van der Waals surface area (Å²) in [7, 11) is 0. The highest BCUT2D eigenvalue weighted by Gasteiger charge is 2.02. The molecule has 5 nitrogen and oxygen atoms in total. The van der Waals surface area contributed by atoms with Gasteiger partial charge in [0.05, 0.1) is 18.8 Å². The lowest BCUT2D eigenvalue weighted by Gasteiger charge is -1.97. The van der Waals surface area contributed by atoms with Gasteiger partial charge in [-0.1, -0.05) is 70.4 Å². The summed E-state index contributed by atoms with van der Waals surface area (Å²) >= 11 is 0. The van der Waals surface area contributed by atoms with Gasteiger partial charge in [0.15, 0.2) is 0 Å². The molecule has 0 bridgehead atoms. The second kappa shape index (κ2) is 17.1. The number of aromatic nitrogens is 1. The number of hydrogen-bond acceptors (Lipinski definition) is 5. The zero-order valence-corrected chi connectivity index (χ0v) is 15.9. The van der Waals surface area contributed by atoms with Crippen LogP contribution in [0.1, 0.15) is 65.0 Å². The molecule has 3 N–H and O–H groups in total. The van der Waals surface area contributed by atoms with Gasteiger partial charge in [-0.15, -0.1) is 0 Å². The van der Waals surface area contributed by atoms with Crippen LogP contribution in [0.2, 0.25) is 0 Å². The van der Waals surface area contributed by atoms with Crippen LogP contribution < -0.4 is 5.73 Å². The first-order valence-corrected chi connectivity index (χ1v) is 9.23. The van der Waals surface area contributed by atoms with E-state index in [2.05, 4.69) is 28.9 Å². The Morgan fingerprint density at radius 1 is 1.12 bits per heavy atom. The topological polar surface area (TPSA) is 81.5 Å². The molecule has 0 aliphatic carbocycles. The first kappa shape index (κ1) is 23.3. The maximum absolute atomic E-state index is 7.87. The minimum absolute atomic E-state index is 0. The Balaban J connectivity index is 0. The number of hydrogen-bond donors (Lipinski definition) is 2. The van der Waals surface area contributed by atoms with Crippen molar-refractivity contribution < 1.29 is 16.0 Å². The molecule has 0 aliphatic rings. The lowest BCUT2D eigenvalue weighted by atomic mass is 10.1. The van der Waals surface area contributed by atoms with Crippen molar-refractivity contribution in [2.75, 3.05) is 6.61 Å². The SMILES string of the molecule is CC.CCCCCCOO.NCc1nc(CCc2ccccc2)co1.[HH]. The van der Waals surface area contributed by atoms with Gasteiger partial charge in [-0.05, 0) is 24.8 Å². The third kappa shape index (κ3) is 12.3. The van der Waals surface area contributed by atoms with Crippen molar-refractivity contribution in [1.82, 2.24) is 4.98 Å². The molecule has 25 heavy (non-hydrogen) atoms. The number of nitrogens with two attached hydrogens (primary N) is 1. The Morgan fingerprint density at radius 3 is 2.40 bits per heavy atom. The minimum atomic E-state index is 0. The second-order valence-corrected chi connectivity index (χ2v) is 5.32. The Kier molecular flexibility index (Phi) is 16.0. The highest BCUT2D eigenvalue weighted by Crippen LogP contribution is 2.07. The summed E-state index contributed by atoms with van der Waals surface area (Å²) in [5.74, 6) is 0.609. The molecule has 0 fully saturated rings. The summed E-state index contributed by atoms with van der Waals surface area (Å²) in [6, 6.07) is 10.3. The van der Waals surface area contributed by atoms with Crippen molar-refractivity contribution in [3.8, 4) is 0 Å². The normalized spacial score (nSPS) is 9.64. The third-order valence-electron chi connectivity index (χ3n) is 3.38. The van der Waals surface area contributed by atoms with Gasteiger partial charge >= 0.3 is 0 Å². The molecule has 1 aromatic carbocycles. The van der Waals surface area contributed by atoms with Crippen molar-refractivity contribution in [2.45, 2.75) is 65.8 Å². The Bertz CT molecular complexity index is 501. The molecule has 1 heterocycles. The van der Waals surface area contributed by atoms with Gasteiger partial charge in [0.25, 0.3) is 0 Å². The maximum atomic E-state index is 7.87. The lowest BCUT2D eigenvalue weighted by molar-refractivity contribution is -0.242. The molecule has 144 valence electrons. The van der Waals surface area contributed by atoms with E-state index in [9.17, 15) is 0 Å². The smallest absolute Gasteiger partial charge is 0.207 e. The molecule has 0 atom stereocenters. The van der Waals surface area contributed by atoms with Crippen molar-refractivity contribution in [3.05, 3.63) is 53.7 Å². The number of nitrogens with zero attached hydrogens (tertiary/aromatic N) is 1. The van der Waals surface area contributed by atoms with Gasteiger partial charge < -0.3 is 10.2 Å². The molecule has 5 heteroatoms. The van der Waals surface area contributed by atoms with Crippen LogP contribution >= 0.6 is 0 Å². The highest BCUT2D eigenvalue weighted by atomic mass is 17.1. The number of rotatable bonds is 9. The van der Waals surface area contributed by atoms with Crippen LogP contribution in [0.5, 0.6) is 0 Å². The van der Waals surface area contributed by atoms with E-state index in [1.165, 1.54) is 18.4 Å². The van der Waals surface area contributed by atoms with Crippen LogP contribution in [0.25, 0.3) is 0 Å². The first-order chi connectivity index (χ1) is 12.3. The van der Waals surface area contributed by atoms with Gasteiger partial charge in [0.2, 0.25) is 5.89 Å². The minimum Gasteiger partial charge on any atom is -0.447 e. The van der Waals surface area contributed by atoms with Crippen LogP contribution in [0.15, 0.2) is 41.0 Å². The highest BCUT2D eigenvalue weighted by molar-refractivity contribution is 5.16. The van der Waals surface area contributed by atoms with E-state index in [0.29, 0.717) is 19.0 Å². The molecule has 0 radical (unpaired) electrons. The van der Waals surface area contributed by atoms with E-state index < -0.39 is 0 Å². The lowest BCUT2D eigenvalue weighted by Crippen LogP contribution is -1.97. The summed E-state index contributed by atoms with van der Waals surface area (Å²) in [5, 5.41) is 7.87. The molecular weight excluding hydrogens is 316 g/mol. The van der Waals surface area contributed by atoms with Gasteiger partial charge in [0, 0.05) is 1.43 Å². The first-order valence-electron chi connectivity index (χ1n) is 9.23. The van der Waals surface area contributed by atoms with Crippen LogP contribution in [0.3, 0.4) is 0 Å². The van der Waals surface area contributed by atoms with Crippen LogP contribution in [0.4, 0.5) is 0 Å². The summed E-state index contributed by atoms with van der Waals surface area (Å²) in [6.07, 6.45) is 8.17. The van der Waals surface area contributed by atoms with E-state index in [1.807, 2.05) is 32.0 Å². The molecule has 0 saturated heterocycles. The molecule has 2 rings (SSSR count). The largest absolute Gasteiger partial charge is 0.447 e. The molecule has 0 amide bonds. The summed E-state index contributed by atoms with van der Waals surface area (Å²) in [4.78, 5) is 8.14. The molecule has 0 spiro atoms. The fourth-order valence-electron chi connectivity index (χ4n) is 2.07. The summed E-state index contributed by atoms with van der Waals surface area (Å²) < 4.78 is 5.17. The number of unbranched alkanes of at least 4 members (excludes halogenated alkanes) is 3. The molecule has 1 aromatic heterocycles. The quantitative estimate of drug-likeness (QED) is 0.366. The van der Waals surface area contributed by atoms with Crippen molar-refractivity contribution in [3.63, 3.8) is 0 Å². The zero-order chi connectivity index (χ0) is 18.8. The average Bonchev–Trinajstić information content (AvgIpc) is 3.15. The van der Waals surface area contributed by atoms with Crippen LogP contribution in [-0.4, -0.2) is 16.8 Å².